The van der Waals surface area contributed by atoms with Crippen LogP contribution in [0.3, 0.4) is 0 Å². The van der Waals surface area contributed by atoms with Crippen molar-refractivity contribution >= 4 is 17.5 Å². The van der Waals surface area contributed by atoms with E-state index in [0.29, 0.717) is 12.5 Å². The fraction of sp³-hybridized carbons (Fsp3) is 0.417. The third kappa shape index (κ3) is 3.16. The topological polar surface area (TPSA) is 29.1 Å². The second kappa shape index (κ2) is 5.00. The van der Waals surface area contributed by atoms with Crippen LogP contribution in [0.2, 0.25) is 0 Å². The van der Waals surface area contributed by atoms with E-state index in [1.165, 1.54) is 6.07 Å². The van der Waals surface area contributed by atoms with Gasteiger partial charge in [0, 0.05) is 12.1 Å². The first-order valence-corrected chi connectivity index (χ1v) is 5.89. The highest BCUT2D eigenvalue weighted by Gasteiger charge is 2.29. The standard InChI is InChI=1S/C12H12ClF2NO/c13-9(7-1-2-7)6-16-12(17)8-3-4-10(14)11(15)5-8/h3-5,7,9H,1-2,6H2,(H,16,17). The lowest BCUT2D eigenvalue weighted by Gasteiger charge is -2.09. The number of amides is 1. The average molecular weight is 260 g/mol. The number of halogens is 3. The minimum atomic E-state index is -1.03. The zero-order chi connectivity index (χ0) is 12.4. The fourth-order valence-corrected chi connectivity index (χ4v) is 1.88. The van der Waals surface area contributed by atoms with Gasteiger partial charge in [0.25, 0.3) is 5.91 Å². The molecule has 0 radical (unpaired) electrons. The largest absolute Gasteiger partial charge is 0.351 e. The lowest BCUT2D eigenvalue weighted by atomic mass is 10.2. The quantitative estimate of drug-likeness (QED) is 0.828. The predicted octanol–water partition coefficient (Wildman–Crippen LogP) is 2.71. The molecule has 0 spiro atoms. The Bertz CT molecular complexity index is 435. The minimum absolute atomic E-state index is 0.0794. The molecule has 1 unspecified atom stereocenters. The van der Waals surface area contributed by atoms with Crippen molar-refractivity contribution in [2.24, 2.45) is 5.92 Å². The van der Waals surface area contributed by atoms with Crippen LogP contribution in [0.5, 0.6) is 0 Å². The summed E-state index contributed by atoms with van der Waals surface area (Å²) in [6, 6.07) is 3.06. The number of hydrogen-bond donors (Lipinski definition) is 1. The third-order valence-corrected chi connectivity index (χ3v) is 3.28. The van der Waals surface area contributed by atoms with E-state index in [1.54, 1.807) is 0 Å². The second-order valence-corrected chi connectivity index (χ2v) is 4.75. The molecule has 0 aliphatic heterocycles. The molecular formula is C12H12ClF2NO. The van der Waals surface area contributed by atoms with E-state index in [4.69, 9.17) is 11.6 Å². The first-order valence-electron chi connectivity index (χ1n) is 5.45. The Hall–Kier alpha value is -1.16. The van der Waals surface area contributed by atoms with Gasteiger partial charge < -0.3 is 5.32 Å². The molecule has 0 saturated heterocycles. The maximum Gasteiger partial charge on any atom is 0.251 e. The number of carbonyl (C=O) groups is 1. The summed E-state index contributed by atoms with van der Waals surface area (Å²) in [7, 11) is 0. The van der Waals surface area contributed by atoms with E-state index in [2.05, 4.69) is 5.32 Å². The van der Waals surface area contributed by atoms with Gasteiger partial charge in [-0.1, -0.05) is 0 Å². The van der Waals surface area contributed by atoms with Crippen molar-refractivity contribution in [3.63, 3.8) is 0 Å². The molecule has 1 fully saturated rings. The molecule has 0 heterocycles. The highest BCUT2D eigenvalue weighted by atomic mass is 35.5. The average Bonchev–Trinajstić information content (AvgIpc) is 3.13. The van der Waals surface area contributed by atoms with Gasteiger partial charge in [0.15, 0.2) is 11.6 Å². The van der Waals surface area contributed by atoms with Crippen LogP contribution in [-0.2, 0) is 0 Å². The molecule has 0 bridgehead atoms. The fourth-order valence-electron chi connectivity index (χ4n) is 1.55. The molecule has 92 valence electrons. The van der Waals surface area contributed by atoms with Crippen LogP contribution in [0, 0.1) is 17.6 Å². The molecule has 5 heteroatoms. The van der Waals surface area contributed by atoms with Crippen LogP contribution in [0.1, 0.15) is 23.2 Å². The van der Waals surface area contributed by atoms with Gasteiger partial charge in [-0.25, -0.2) is 8.78 Å². The Morgan fingerprint density at radius 3 is 2.71 bits per heavy atom. The molecule has 17 heavy (non-hydrogen) atoms. The Morgan fingerprint density at radius 2 is 2.12 bits per heavy atom. The molecule has 1 aromatic carbocycles. The van der Waals surface area contributed by atoms with Crippen molar-refractivity contribution in [1.29, 1.82) is 0 Å². The van der Waals surface area contributed by atoms with E-state index in [-0.39, 0.29) is 10.9 Å². The van der Waals surface area contributed by atoms with Crippen molar-refractivity contribution in [3.05, 3.63) is 35.4 Å². The van der Waals surface area contributed by atoms with Crippen molar-refractivity contribution in [3.8, 4) is 0 Å². The van der Waals surface area contributed by atoms with Gasteiger partial charge in [0.2, 0.25) is 0 Å². The van der Waals surface area contributed by atoms with E-state index >= 15 is 0 Å². The van der Waals surface area contributed by atoms with Crippen LogP contribution in [0.4, 0.5) is 8.78 Å². The van der Waals surface area contributed by atoms with Gasteiger partial charge >= 0.3 is 0 Å². The van der Waals surface area contributed by atoms with Gasteiger partial charge in [0.05, 0.1) is 5.38 Å². The number of nitrogens with one attached hydrogen (secondary N) is 1. The number of alkyl halides is 1. The number of rotatable bonds is 4. The first-order chi connectivity index (χ1) is 8.08. The van der Waals surface area contributed by atoms with Gasteiger partial charge in [-0.15, -0.1) is 11.6 Å². The molecule has 1 saturated carbocycles. The van der Waals surface area contributed by atoms with Crippen molar-refractivity contribution in [2.45, 2.75) is 18.2 Å². The maximum absolute atomic E-state index is 12.9. The zero-order valence-electron chi connectivity index (χ0n) is 9.05. The smallest absolute Gasteiger partial charge is 0.251 e. The van der Waals surface area contributed by atoms with Crippen LogP contribution < -0.4 is 5.32 Å². The van der Waals surface area contributed by atoms with Gasteiger partial charge in [-0.3, -0.25) is 4.79 Å². The molecule has 1 aliphatic rings. The van der Waals surface area contributed by atoms with E-state index in [1.807, 2.05) is 0 Å². The lowest BCUT2D eigenvalue weighted by Crippen LogP contribution is -2.30. The highest BCUT2D eigenvalue weighted by Crippen LogP contribution is 2.35. The van der Waals surface area contributed by atoms with E-state index in [9.17, 15) is 13.6 Å². The molecule has 1 aliphatic carbocycles. The Morgan fingerprint density at radius 1 is 1.41 bits per heavy atom. The van der Waals surface area contributed by atoms with Crippen LogP contribution in [0.15, 0.2) is 18.2 Å². The van der Waals surface area contributed by atoms with Crippen LogP contribution in [0.25, 0.3) is 0 Å². The molecular weight excluding hydrogens is 248 g/mol. The summed E-state index contributed by atoms with van der Waals surface area (Å²) in [6.45, 7) is 0.351. The maximum atomic E-state index is 12.9. The normalized spacial score (nSPS) is 16.6. The summed E-state index contributed by atoms with van der Waals surface area (Å²) in [5, 5.41) is 2.53. The Kier molecular flexibility index (Phi) is 3.62. The molecule has 1 N–H and O–H groups in total. The molecule has 2 nitrogen and oxygen atoms in total. The lowest BCUT2D eigenvalue weighted by molar-refractivity contribution is 0.0952. The number of benzene rings is 1. The SMILES string of the molecule is O=C(NCC(Cl)C1CC1)c1ccc(F)c(F)c1. The summed E-state index contributed by atoms with van der Waals surface area (Å²) >= 11 is 6.02. The third-order valence-electron chi connectivity index (χ3n) is 2.77. The molecule has 1 amide bonds. The molecule has 1 aromatic rings. The summed E-state index contributed by atoms with van der Waals surface area (Å²) in [6.07, 6.45) is 2.18. The van der Waals surface area contributed by atoms with Gasteiger partial charge in [0.1, 0.15) is 0 Å². The van der Waals surface area contributed by atoms with Crippen molar-refractivity contribution in [1.82, 2.24) is 5.32 Å². The molecule has 1 atom stereocenters. The first kappa shape index (κ1) is 12.3. The monoisotopic (exact) mass is 259 g/mol. The molecule has 0 aromatic heterocycles. The predicted molar refractivity (Wildman–Crippen MR) is 61.1 cm³/mol. The summed E-state index contributed by atoms with van der Waals surface area (Å²) in [4.78, 5) is 11.6. The van der Waals surface area contributed by atoms with Gasteiger partial charge in [-0.05, 0) is 37.0 Å². The van der Waals surface area contributed by atoms with Crippen molar-refractivity contribution in [2.75, 3.05) is 6.54 Å². The van der Waals surface area contributed by atoms with Gasteiger partial charge in [-0.2, -0.15) is 0 Å². The van der Waals surface area contributed by atoms with E-state index in [0.717, 1.165) is 25.0 Å². The molecule has 2 rings (SSSR count). The summed E-state index contributed by atoms with van der Waals surface area (Å²) < 4.78 is 25.6. The Balaban J connectivity index is 1.92. The number of hydrogen-bond acceptors (Lipinski definition) is 1. The van der Waals surface area contributed by atoms with Crippen molar-refractivity contribution < 1.29 is 13.6 Å². The van der Waals surface area contributed by atoms with E-state index < -0.39 is 17.5 Å². The van der Waals surface area contributed by atoms with Crippen LogP contribution in [-0.4, -0.2) is 17.8 Å². The van der Waals surface area contributed by atoms with Crippen LogP contribution >= 0.6 is 11.6 Å². The summed E-state index contributed by atoms with van der Waals surface area (Å²) in [5.74, 6) is -1.95. The summed E-state index contributed by atoms with van der Waals surface area (Å²) in [5.41, 5.74) is 0.101. The highest BCUT2D eigenvalue weighted by molar-refractivity contribution is 6.21. The number of carbonyl (C=O) groups excluding carboxylic acids is 1. The Labute approximate surface area is 103 Å². The second-order valence-electron chi connectivity index (χ2n) is 4.19. The minimum Gasteiger partial charge on any atom is -0.351 e. The zero-order valence-corrected chi connectivity index (χ0v) is 9.81.